The maximum absolute atomic E-state index is 5.51. The van der Waals surface area contributed by atoms with Crippen LogP contribution in [0.1, 0.15) is 12.5 Å². The number of likely N-dealkylation sites (N-methyl/N-ethyl adjacent to an activating group) is 1. The van der Waals surface area contributed by atoms with Gasteiger partial charge in [-0.3, -0.25) is 0 Å². The molecule has 0 bridgehead atoms. The van der Waals surface area contributed by atoms with Crippen LogP contribution in [0.15, 0.2) is 28.9 Å². The van der Waals surface area contributed by atoms with Crippen LogP contribution < -0.4 is 10.1 Å². The van der Waals surface area contributed by atoms with E-state index in [1.807, 2.05) is 18.4 Å². The summed E-state index contributed by atoms with van der Waals surface area (Å²) < 4.78 is 10.7. The fourth-order valence-corrected chi connectivity index (χ4v) is 1.78. The van der Waals surface area contributed by atoms with Crippen molar-refractivity contribution < 1.29 is 9.15 Å². The molecule has 1 aromatic carbocycles. The molecule has 0 fully saturated rings. The van der Waals surface area contributed by atoms with Crippen LogP contribution in [0.25, 0.3) is 11.0 Å². The molecule has 0 aliphatic heterocycles. The minimum absolute atomic E-state index is 0.833. The van der Waals surface area contributed by atoms with Crippen molar-refractivity contribution in [1.82, 2.24) is 5.32 Å². The molecule has 0 amide bonds. The number of ether oxygens (including phenoxy) is 1. The molecule has 0 saturated carbocycles. The zero-order chi connectivity index (χ0) is 11.4. The summed E-state index contributed by atoms with van der Waals surface area (Å²) in [5.74, 6) is 0.833. The molecule has 1 aromatic heterocycles. The van der Waals surface area contributed by atoms with Crippen LogP contribution in [0.3, 0.4) is 0 Å². The summed E-state index contributed by atoms with van der Waals surface area (Å²) in [5, 5.41) is 4.49. The Hall–Kier alpha value is -1.48. The molecule has 1 N–H and O–H groups in total. The van der Waals surface area contributed by atoms with Crippen LogP contribution in [-0.2, 0) is 6.42 Å². The van der Waals surface area contributed by atoms with Crippen molar-refractivity contribution in [3.05, 3.63) is 30.0 Å². The molecular weight excluding hydrogens is 202 g/mol. The summed E-state index contributed by atoms with van der Waals surface area (Å²) >= 11 is 0. The molecular formula is C13H17NO2. The van der Waals surface area contributed by atoms with E-state index in [0.29, 0.717) is 0 Å². The number of methoxy groups -OCH3 is 1. The summed E-state index contributed by atoms with van der Waals surface area (Å²) in [4.78, 5) is 0. The van der Waals surface area contributed by atoms with Crippen molar-refractivity contribution in [3.8, 4) is 5.75 Å². The SMILES string of the molecule is CCNCCc1coc2cc(OC)ccc12. The van der Waals surface area contributed by atoms with E-state index in [0.717, 1.165) is 30.8 Å². The molecule has 0 radical (unpaired) electrons. The van der Waals surface area contributed by atoms with E-state index in [1.165, 1.54) is 10.9 Å². The van der Waals surface area contributed by atoms with Gasteiger partial charge < -0.3 is 14.5 Å². The lowest BCUT2D eigenvalue weighted by molar-refractivity contribution is 0.414. The number of benzene rings is 1. The highest BCUT2D eigenvalue weighted by molar-refractivity contribution is 5.82. The van der Waals surface area contributed by atoms with Gasteiger partial charge in [-0.1, -0.05) is 6.92 Å². The van der Waals surface area contributed by atoms with E-state index in [1.54, 1.807) is 7.11 Å². The normalized spacial score (nSPS) is 10.9. The fraction of sp³-hybridized carbons (Fsp3) is 0.385. The second-order valence-electron chi connectivity index (χ2n) is 3.73. The van der Waals surface area contributed by atoms with Gasteiger partial charge in [0.15, 0.2) is 0 Å². The average molecular weight is 219 g/mol. The van der Waals surface area contributed by atoms with Crippen molar-refractivity contribution in [2.24, 2.45) is 0 Å². The standard InChI is InChI=1S/C13H17NO2/c1-3-14-7-6-10-9-16-13-8-11(15-2)4-5-12(10)13/h4-5,8-9,14H,3,6-7H2,1-2H3. The summed E-state index contributed by atoms with van der Waals surface area (Å²) in [6.07, 6.45) is 2.83. The third-order valence-electron chi connectivity index (χ3n) is 2.68. The molecule has 3 heteroatoms. The monoisotopic (exact) mass is 219 g/mol. The second kappa shape index (κ2) is 5.03. The molecule has 3 nitrogen and oxygen atoms in total. The number of hydrogen-bond donors (Lipinski definition) is 1. The summed E-state index contributed by atoms with van der Waals surface area (Å²) in [7, 11) is 1.66. The Labute approximate surface area is 95.4 Å². The topological polar surface area (TPSA) is 34.4 Å². The minimum atomic E-state index is 0.833. The third-order valence-corrected chi connectivity index (χ3v) is 2.68. The van der Waals surface area contributed by atoms with Gasteiger partial charge in [0.1, 0.15) is 11.3 Å². The lowest BCUT2D eigenvalue weighted by atomic mass is 10.1. The predicted molar refractivity (Wildman–Crippen MR) is 65.0 cm³/mol. The smallest absolute Gasteiger partial charge is 0.137 e. The fourth-order valence-electron chi connectivity index (χ4n) is 1.78. The maximum atomic E-state index is 5.51. The maximum Gasteiger partial charge on any atom is 0.137 e. The first-order chi connectivity index (χ1) is 7.85. The van der Waals surface area contributed by atoms with Gasteiger partial charge in [-0.15, -0.1) is 0 Å². The largest absolute Gasteiger partial charge is 0.497 e. The van der Waals surface area contributed by atoms with Gasteiger partial charge in [0.2, 0.25) is 0 Å². The number of fused-ring (bicyclic) bond motifs is 1. The molecule has 0 spiro atoms. The van der Waals surface area contributed by atoms with E-state index >= 15 is 0 Å². The van der Waals surface area contributed by atoms with Gasteiger partial charge in [-0.2, -0.15) is 0 Å². The van der Waals surface area contributed by atoms with Gasteiger partial charge in [-0.05, 0) is 37.2 Å². The van der Waals surface area contributed by atoms with Gasteiger partial charge in [-0.25, -0.2) is 0 Å². The summed E-state index contributed by atoms with van der Waals surface area (Å²) in [6, 6.07) is 5.94. The second-order valence-corrected chi connectivity index (χ2v) is 3.73. The Morgan fingerprint density at radius 3 is 3.00 bits per heavy atom. The average Bonchev–Trinajstić information content (AvgIpc) is 2.72. The first-order valence-electron chi connectivity index (χ1n) is 5.60. The van der Waals surface area contributed by atoms with E-state index < -0.39 is 0 Å². The molecule has 0 aliphatic carbocycles. The molecule has 0 atom stereocenters. The summed E-state index contributed by atoms with van der Waals surface area (Å²) in [5.41, 5.74) is 2.14. The molecule has 0 saturated heterocycles. The summed E-state index contributed by atoms with van der Waals surface area (Å²) in [6.45, 7) is 4.10. The number of rotatable bonds is 5. The first-order valence-corrected chi connectivity index (χ1v) is 5.60. The van der Waals surface area contributed by atoms with Crippen LogP contribution in [0.4, 0.5) is 0 Å². The van der Waals surface area contributed by atoms with E-state index in [4.69, 9.17) is 9.15 Å². The van der Waals surface area contributed by atoms with Crippen LogP contribution in [-0.4, -0.2) is 20.2 Å². The van der Waals surface area contributed by atoms with Gasteiger partial charge in [0.25, 0.3) is 0 Å². The van der Waals surface area contributed by atoms with Crippen molar-refractivity contribution in [3.63, 3.8) is 0 Å². The Morgan fingerprint density at radius 1 is 1.38 bits per heavy atom. The van der Waals surface area contributed by atoms with Crippen LogP contribution in [0.5, 0.6) is 5.75 Å². The van der Waals surface area contributed by atoms with Crippen LogP contribution >= 0.6 is 0 Å². The quantitative estimate of drug-likeness (QED) is 0.785. The molecule has 2 aromatic rings. The highest BCUT2D eigenvalue weighted by Gasteiger charge is 2.06. The Bertz CT molecular complexity index is 462. The number of furan rings is 1. The highest BCUT2D eigenvalue weighted by atomic mass is 16.5. The van der Waals surface area contributed by atoms with E-state index in [2.05, 4.69) is 18.3 Å². The van der Waals surface area contributed by atoms with Crippen molar-refractivity contribution >= 4 is 11.0 Å². The number of nitrogens with one attached hydrogen (secondary N) is 1. The Kier molecular flexibility index (Phi) is 3.47. The lowest BCUT2D eigenvalue weighted by Gasteiger charge is -2.00. The van der Waals surface area contributed by atoms with Gasteiger partial charge in [0, 0.05) is 11.5 Å². The van der Waals surface area contributed by atoms with Crippen LogP contribution in [0, 0.1) is 0 Å². The number of hydrogen-bond acceptors (Lipinski definition) is 3. The predicted octanol–water partition coefficient (Wildman–Crippen LogP) is 2.59. The van der Waals surface area contributed by atoms with Crippen molar-refractivity contribution in [1.29, 1.82) is 0 Å². The zero-order valence-electron chi connectivity index (χ0n) is 9.75. The van der Waals surface area contributed by atoms with Gasteiger partial charge >= 0.3 is 0 Å². The van der Waals surface area contributed by atoms with Crippen molar-refractivity contribution in [2.45, 2.75) is 13.3 Å². The van der Waals surface area contributed by atoms with E-state index in [9.17, 15) is 0 Å². The third kappa shape index (κ3) is 2.19. The van der Waals surface area contributed by atoms with E-state index in [-0.39, 0.29) is 0 Å². The van der Waals surface area contributed by atoms with Crippen LogP contribution in [0.2, 0.25) is 0 Å². The van der Waals surface area contributed by atoms with Gasteiger partial charge in [0.05, 0.1) is 13.4 Å². The zero-order valence-corrected chi connectivity index (χ0v) is 9.75. The Morgan fingerprint density at radius 2 is 2.25 bits per heavy atom. The molecule has 0 aliphatic rings. The minimum Gasteiger partial charge on any atom is -0.497 e. The molecule has 0 unspecified atom stereocenters. The molecule has 2 rings (SSSR count). The molecule has 1 heterocycles. The first kappa shape index (κ1) is 11.0. The molecule has 86 valence electrons. The lowest BCUT2D eigenvalue weighted by Crippen LogP contribution is -2.15. The highest BCUT2D eigenvalue weighted by Crippen LogP contribution is 2.25. The Balaban J connectivity index is 2.20. The molecule has 16 heavy (non-hydrogen) atoms. The van der Waals surface area contributed by atoms with Crippen molar-refractivity contribution in [2.75, 3.05) is 20.2 Å².